The van der Waals surface area contributed by atoms with Gasteiger partial charge in [-0.3, -0.25) is 4.79 Å². The number of halogens is 2. The number of carbonyl (C=O) groups excluding carboxylic acids is 1. The van der Waals surface area contributed by atoms with Gasteiger partial charge < -0.3 is 15.1 Å². The number of nitrogens with zero attached hydrogens (tertiary/aromatic N) is 2. The lowest BCUT2D eigenvalue weighted by Gasteiger charge is -2.32. The van der Waals surface area contributed by atoms with Crippen LogP contribution in [0.15, 0.2) is 0 Å². The summed E-state index contributed by atoms with van der Waals surface area (Å²) in [5, 5.41) is 2.94. The van der Waals surface area contributed by atoms with E-state index >= 15 is 0 Å². The zero-order valence-corrected chi connectivity index (χ0v) is 13.2. The lowest BCUT2D eigenvalue weighted by atomic mass is 10.1. The van der Waals surface area contributed by atoms with Gasteiger partial charge in [-0.1, -0.05) is 0 Å². The average Bonchev–Trinajstić information content (AvgIpc) is 2.87. The Balaban J connectivity index is 1.59. The summed E-state index contributed by atoms with van der Waals surface area (Å²) in [6.07, 6.45) is 1.52. The zero-order chi connectivity index (χ0) is 14.1. The molecule has 0 aromatic carbocycles. The van der Waals surface area contributed by atoms with Crippen molar-refractivity contribution >= 4 is 29.1 Å². The number of carbonyl (C=O) groups is 1. The van der Waals surface area contributed by atoms with Gasteiger partial charge in [-0.15, -0.1) is 23.2 Å². The second-order valence-corrected chi connectivity index (χ2v) is 7.45. The molecule has 1 amide bonds. The van der Waals surface area contributed by atoms with Gasteiger partial charge in [-0.05, 0) is 33.4 Å². The van der Waals surface area contributed by atoms with Crippen molar-refractivity contribution in [3.8, 4) is 0 Å². The maximum Gasteiger partial charge on any atom is 0.229 e. The van der Waals surface area contributed by atoms with Crippen molar-refractivity contribution in [3.63, 3.8) is 0 Å². The van der Waals surface area contributed by atoms with Gasteiger partial charge in [0.2, 0.25) is 5.91 Å². The van der Waals surface area contributed by atoms with Crippen LogP contribution in [-0.2, 0) is 4.79 Å². The average molecular weight is 308 g/mol. The third-order valence-corrected chi connectivity index (χ3v) is 5.39. The molecule has 1 heterocycles. The van der Waals surface area contributed by atoms with Gasteiger partial charge in [0.15, 0.2) is 0 Å². The van der Waals surface area contributed by atoms with Gasteiger partial charge in [0.05, 0.1) is 5.41 Å². The fourth-order valence-corrected chi connectivity index (χ4v) is 3.12. The van der Waals surface area contributed by atoms with Crippen LogP contribution in [0.1, 0.15) is 19.8 Å². The molecule has 19 heavy (non-hydrogen) atoms. The summed E-state index contributed by atoms with van der Waals surface area (Å²) in [5.74, 6) is -0.0177. The summed E-state index contributed by atoms with van der Waals surface area (Å²) in [5.41, 5.74) is -0.593. The van der Waals surface area contributed by atoms with Crippen molar-refractivity contribution in [3.05, 3.63) is 0 Å². The Hall–Kier alpha value is -0.0300. The van der Waals surface area contributed by atoms with E-state index in [-0.39, 0.29) is 5.91 Å². The van der Waals surface area contributed by atoms with Crippen molar-refractivity contribution in [2.24, 2.45) is 5.41 Å². The van der Waals surface area contributed by atoms with Gasteiger partial charge in [0.1, 0.15) is 4.33 Å². The molecule has 1 N–H and O–H groups in total. The molecule has 0 aromatic heterocycles. The molecule has 1 aliphatic heterocycles. The number of rotatable bonds is 5. The third-order valence-electron chi connectivity index (χ3n) is 4.29. The Bertz CT molecular complexity index is 343. The minimum atomic E-state index is -0.867. The summed E-state index contributed by atoms with van der Waals surface area (Å²) < 4.78 is -0.867. The fourth-order valence-electron chi connectivity index (χ4n) is 2.42. The Kier molecular flexibility index (Phi) is 4.66. The Morgan fingerprint density at radius 1 is 1.26 bits per heavy atom. The van der Waals surface area contributed by atoms with E-state index in [1.54, 1.807) is 0 Å². The molecule has 1 unspecified atom stereocenters. The molecule has 1 saturated heterocycles. The second-order valence-electron chi connectivity index (χ2n) is 5.97. The predicted octanol–water partition coefficient (Wildman–Crippen LogP) is 1.32. The summed E-state index contributed by atoms with van der Waals surface area (Å²) in [6.45, 7) is 8.06. The second kappa shape index (κ2) is 5.76. The van der Waals surface area contributed by atoms with Crippen LogP contribution in [0.2, 0.25) is 0 Å². The van der Waals surface area contributed by atoms with Crippen LogP contribution in [0.3, 0.4) is 0 Å². The molecule has 0 radical (unpaired) electrons. The van der Waals surface area contributed by atoms with Crippen molar-refractivity contribution in [1.82, 2.24) is 15.1 Å². The third kappa shape index (κ3) is 3.54. The first-order valence-corrected chi connectivity index (χ1v) is 7.68. The number of amides is 1. The largest absolute Gasteiger partial charge is 0.355 e. The highest BCUT2D eigenvalue weighted by molar-refractivity contribution is 6.53. The lowest BCUT2D eigenvalue weighted by molar-refractivity contribution is -0.125. The highest BCUT2D eigenvalue weighted by atomic mass is 35.5. The molecule has 1 saturated carbocycles. The first kappa shape index (κ1) is 15.4. The van der Waals surface area contributed by atoms with Crippen LogP contribution >= 0.6 is 23.2 Å². The molecule has 1 atom stereocenters. The molecule has 0 bridgehead atoms. The molecular formula is C13H23Cl2N3O. The van der Waals surface area contributed by atoms with E-state index in [9.17, 15) is 4.79 Å². The van der Waals surface area contributed by atoms with Crippen molar-refractivity contribution < 1.29 is 4.79 Å². The molecule has 2 fully saturated rings. The fraction of sp³-hybridized carbons (Fsp3) is 0.923. The van der Waals surface area contributed by atoms with Gasteiger partial charge in [-0.25, -0.2) is 0 Å². The van der Waals surface area contributed by atoms with E-state index in [1.807, 2.05) is 6.92 Å². The van der Waals surface area contributed by atoms with Crippen molar-refractivity contribution in [1.29, 1.82) is 0 Å². The Morgan fingerprint density at radius 3 is 2.37 bits per heavy atom. The van der Waals surface area contributed by atoms with Gasteiger partial charge >= 0.3 is 0 Å². The summed E-state index contributed by atoms with van der Waals surface area (Å²) in [6, 6.07) is 0. The first-order chi connectivity index (χ1) is 8.85. The van der Waals surface area contributed by atoms with Crippen LogP contribution in [0.5, 0.6) is 0 Å². The van der Waals surface area contributed by atoms with Crippen molar-refractivity contribution in [2.75, 3.05) is 46.3 Å². The highest BCUT2D eigenvalue weighted by Gasteiger charge is 2.67. The Labute approximate surface area is 125 Å². The predicted molar refractivity (Wildman–Crippen MR) is 78.7 cm³/mol. The number of piperazine rings is 1. The van der Waals surface area contributed by atoms with Crippen LogP contribution in [-0.4, -0.2) is 66.4 Å². The van der Waals surface area contributed by atoms with E-state index < -0.39 is 9.75 Å². The SMILES string of the molecule is CN1CCN(CCCNC(=O)C2(C)CC2(Cl)Cl)CC1. The number of hydrogen-bond acceptors (Lipinski definition) is 3. The maximum atomic E-state index is 11.9. The molecule has 110 valence electrons. The minimum Gasteiger partial charge on any atom is -0.355 e. The lowest BCUT2D eigenvalue weighted by Crippen LogP contribution is -2.45. The van der Waals surface area contributed by atoms with E-state index in [0.717, 1.165) is 39.1 Å². The number of alkyl halides is 2. The number of hydrogen-bond donors (Lipinski definition) is 1. The summed E-state index contributed by atoms with van der Waals surface area (Å²) in [4.78, 5) is 16.7. The highest BCUT2D eigenvalue weighted by Crippen LogP contribution is 2.63. The van der Waals surface area contributed by atoms with E-state index in [0.29, 0.717) is 13.0 Å². The summed E-state index contributed by atoms with van der Waals surface area (Å²) in [7, 11) is 2.15. The molecular weight excluding hydrogens is 285 g/mol. The molecule has 1 aliphatic carbocycles. The van der Waals surface area contributed by atoms with Gasteiger partial charge in [0, 0.05) is 32.7 Å². The van der Waals surface area contributed by atoms with Gasteiger partial charge in [0.25, 0.3) is 0 Å². The quantitative estimate of drug-likeness (QED) is 0.615. The van der Waals surface area contributed by atoms with E-state index in [4.69, 9.17) is 23.2 Å². The number of nitrogens with one attached hydrogen (secondary N) is 1. The standard InChI is InChI=1S/C13H23Cl2N3O/c1-12(10-13(12,14)15)11(19)16-4-3-5-18-8-6-17(2)7-9-18/h3-10H2,1-2H3,(H,16,19). The van der Waals surface area contributed by atoms with Gasteiger partial charge in [-0.2, -0.15) is 0 Å². The molecule has 2 rings (SSSR count). The Morgan fingerprint density at radius 2 is 1.84 bits per heavy atom. The van der Waals surface area contributed by atoms with Crippen LogP contribution in [0, 0.1) is 5.41 Å². The van der Waals surface area contributed by atoms with E-state index in [1.165, 1.54) is 0 Å². The normalized spacial score (nSPS) is 31.2. The first-order valence-electron chi connectivity index (χ1n) is 6.92. The molecule has 0 spiro atoms. The van der Waals surface area contributed by atoms with Crippen LogP contribution in [0.4, 0.5) is 0 Å². The molecule has 6 heteroatoms. The molecule has 4 nitrogen and oxygen atoms in total. The van der Waals surface area contributed by atoms with Crippen LogP contribution < -0.4 is 5.32 Å². The topological polar surface area (TPSA) is 35.6 Å². The molecule has 0 aromatic rings. The van der Waals surface area contributed by atoms with E-state index in [2.05, 4.69) is 22.2 Å². The maximum absolute atomic E-state index is 11.9. The van der Waals surface area contributed by atoms with Crippen molar-refractivity contribution in [2.45, 2.75) is 24.1 Å². The minimum absolute atomic E-state index is 0.0177. The smallest absolute Gasteiger partial charge is 0.229 e. The monoisotopic (exact) mass is 307 g/mol. The number of likely N-dealkylation sites (N-methyl/N-ethyl adjacent to an activating group) is 1. The zero-order valence-electron chi connectivity index (χ0n) is 11.7. The van der Waals surface area contributed by atoms with Crippen LogP contribution in [0.25, 0.3) is 0 Å². The molecule has 2 aliphatic rings. The summed E-state index contributed by atoms with van der Waals surface area (Å²) >= 11 is 12.0.